The molecule has 0 aromatic carbocycles. The summed E-state index contributed by atoms with van der Waals surface area (Å²) in [6.45, 7) is 4.35. The number of carboxylic acids is 2. The van der Waals surface area contributed by atoms with E-state index in [4.69, 9.17) is 46.4 Å². The van der Waals surface area contributed by atoms with Gasteiger partial charge in [0.05, 0.1) is 17.8 Å². The molecule has 0 aromatic heterocycles. The first-order chi connectivity index (χ1) is 20.3. The van der Waals surface area contributed by atoms with Gasteiger partial charge in [-0.2, -0.15) is 0 Å². The second-order valence-electron chi connectivity index (χ2n) is 14.0. The average Bonchev–Trinajstić information content (AvgIpc) is 2.94. The van der Waals surface area contributed by atoms with Crippen LogP contribution in [0.3, 0.4) is 0 Å². The van der Waals surface area contributed by atoms with E-state index in [1.54, 1.807) is 0 Å². The maximum atomic E-state index is 13.2. The number of hydroxylamine groups is 1. The van der Waals surface area contributed by atoms with Crippen molar-refractivity contribution in [2.75, 3.05) is 0 Å². The third-order valence-electron chi connectivity index (χ3n) is 11.3. The van der Waals surface area contributed by atoms with Crippen molar-refractivity contribution < 1.29 is 29.8 Å². The van der Waals surface area contributed by atoms with Crippen LogP contribution >= 0.6 is 46.4 Å². The molecule has 8 nitrogen and oxygen atoms in total. The van der Waals surface area contributed by atoms with E-state index in [1.807, 2.05) is 0 Å². The van der Waals surface area contributed by atoms with Gasteiger partial charge in [0.15, 0.2) is 0 Å². The predicted octanol–water partition coefficient (Wildman–Crippen LogP) is 6.35. The van der Waals surface area contributed by atoms with E-state index in [2.05, 4.69) is 24.6 Å². The second-order valence-corrected chi connectivity index (χ2v) is 16.3. The highest BCUT2D eigenvalue weighted by Crippen LogP contribution is 2.47. The minimum Gasteiger partial charge on any atom is -0.481 e. The SMILES string of the molecule is CC1CC(CC2CCC(C(NO)C3C(Cl)CCC(Cl)C3C(=O)O)C(C)C2)CCC1NC(=O)C1C(Cl)CCC(Cl)C1C(=O)O. The van der Waals surface area contributed by atoms with Gasteiger partial charge in [0, 0.05) is 39.5 Å². The molecule has 4 fully saturated rings. The number of hydrogen-bond acceptors (Lipinski definition) is 5. The largest absolute Gasteiger partial charge is 0.481 e. The Morgan fingerprint density at radius 3 is 1.74 bits per heavy atom. The highest BCUT2D eigenvalue weighted by atomic mass is 35.5. The molecule has 246 valence electrons. The lowest BCUT2D eigenvalue weighted by Crippen LogP contribution is -2.55. The van der Waals surface area contributed by atoms with Gasteiger partial charge in [-0.15, -0.1) is 46.4 Å². The molecule has 5 N–H and O–H groups in total. The van der Waals surface area contributed by atoms with Gasteiger partial charge in [-0.1, -0.05) is 20.3 Å². The Labute approximate surface area is 275 Å². The first kappa shape index (κ1) is 35.3. The van der Waals surface area contributed by atoms with Gasteiger partial charge in [-0.25, -0.2) is 5.48 Å². The summed E-state index contributed by atoms with van der Waals surface area (Å²) in [6.07, 6.45) is 9.02. The molecule has 0 spiro atoms. The number of carbonyl (C=O) groups excluding carboxylic acids is 1. The lowest BCUT2D eigenvalue weighted by Gasteiger charge is -2.47. The number of halogens is 4. The molecular weight excluding hydrogens is 638 g/mol. The topological polar surface area (TPSA) is 136 Å². The van der Waals surface area contributed by atoms with Crippen molar-refractivity contribution in [1.82, 2.24) is 10.8 Å². The standard InChI is InChI=1S/C31H48Cl4N2O6/c1-14-11-16(3-5-18(14)28(37-43)24-19(32)6-8-21(34)26(24)30(39)40)13-17-4-10-23(15(2)12-17)36-29(38)25-20(33)7-9-22(35)27(25)31(41)42/h14-28,37,43H,3-13H2,1-2H3,(H,36,38)(H,39,40)(H,41,42). The van der Waals surface area contributed by atoms with Gasteiger partial charge >= 0.3 is 11.9 Å². The van der Waals surface area contributed by atoms with E-state index in [-0.39, 0.29) is 35.1 Å². The summed E-state index contributed by atoms with van der Waals surface area (Å²) in [7, 11) is 0. The Morgan fingerprint density at radius 1 is 0.698 bits per heavy atom. The lowest BCUT2D eigenvalue weighted by atomic mass is 9.63. The van der Waals surface area contributed by atoms with Crippen LogP contribution in [-0.2, 0) is 14.4 Å². The fraction of sp³-hybridized carbons (Fsp3) is 0.903. The van der Waals surface area contributed by atoms with E-state index in [0.717, 1.165) is 44.9 Å². The lowest BCUT2D eigenvalue weighted by molar-refractivity contribution is -0.149. The predicted molar refractivity (Wildman–Crippen MR) is 168 cm³/mol. The Balaban J connectivity index is 1.30. The van der Waals surface area contributed by atoms with Gasteiger partial charge in [-0.05, 0) is 93.8 Å². The monoisotopic (exact) mass is 684 g/mol. The van der Waals surface area contributed by atoms with Gasteiger partial charge in [0.25, 0.3) is 0 Å². The van der Waals surface area contributed by atoms with E-state index in [9.17, 15) is 29.8 Å². The van der Waals surface area contributed by atoms with Crippen molar-refractivity contribution in [2.24, 2.45) is 53.3 Å². The van der Waals surface area contributed by atoms with Crippen molar-refractivity contribution >= 4 is 64.2 Å². The third kappa shape index (κ3) is 8.08. The number of rotatable bonds is 9. The molecule has 0 heterocycles. The van der Waals surface area contributed by atoms with Crippen molar-refractivity contribution in [1.29, 1.82) is 0 Å². The summed E-state index contributed by atoms with van der Waals surface area (Å²) >= 11 is 25.9. The van der Waals surface area contributed by atoms with Crippen LogP contribution in [0.1, 0.15) is 84.5 Å². The minimum absolute atomic E-state index is 0.0178. The van der Waals surface area contributed by atoms with Crippen molar-refractivity contribution in [3.05, 3.63) is 0 Å². The number of hydrogen-bond donors (Lipinski definition) is 5. The highest BCUT2D eigenvalue weighted by molar-refractivity contribution is 6.25. The summed E-state index contributed by atoms with van der Waals surface area (Å²) in [5, 5.41) is 31.0. The zero-order chi connectivity index (χ0) is 31.6. The van der Waals surface area contributed by atoms with Gasteiger partial charge in [0.1, 0.15) is 0 Å². The minimum atomic E-state index is -1.07. The number of aliphatic carboxylic acids is 2. The van der Waals surface area contributed by atoms with E-state index >= 15 is 0 Å². The van der Waals surface area contributed by atoms with Crippen LogP contribution < -0.4 is 10.8 Å². The number of alkyl halides is 4. The maximum Gasteiger partial charge on any atom is 0.308 e. The third-order valence-corrected chi connectivity index (χ3v) is 13.3. The normalized spacial score (nSPS) is 44.7. The van der Waals surface area contributed by atoms with E-state index < -0.39 is 57.8 Å². The molecule has 43 heavy (non-hydrogen) atoms. The van der Waals surface area contributed by atoms with Crippen molar-refractivity contribution in [2.45, 2.75) is 118 Å². The number of carbonyl (C=O) groups is 3. The molecule has 4 rings (SSSR count). The molecule has 0 aromatic rings. The van der Waals surface area contributed by atoms with E-state index in [1.165, 1.54) is 0 Å². The first-order valence-corrected chi connectivity index (χ1v) is 17.8. The van der Waals surface area contributed by atoms with Crippen LogP contribution in [0.5, 0.6) is 0 Å². The fourth-order valence-electron chi connectivity index (χ4n) is 9.12. The maximum absolute atomic E-state index is 13.2. The van der Waals surface area contributed by atoms with Gasteiger partial charge < -0.3 is 20.7 Å². The molecule has 0 radical (unpaired) electrons. The van der Waals surface area contributed by atoms with Crippen LogP contribution in [0.4, 0.5) is 0 Å². The second kappa shape index (κ2) is 15.4. The average molecular weight is 687 g/mol. The van der Waals surface area contributed by atoms with Crippen molar-refractivity contribution in [3.63, 3.8) is 0 Å². The van der Waals surface area contributed by atoms with Crippen LogP contribution in [0.25, 0.3) is 0 Å². The molecule has 0 saturated heterocycles. The summed E-state index contributed by atoms with van der Waals surface area (Å²) in [5.74, 6) is -3.65. The molecular formula is C31H48Cl4N2O6. The molecule has 0 bridgehead atoms. The smallest absolute Gasteiger partial charge is 0.308 e. The van der Waals surface area contributed by atoms with E-state index in [0.29, 0.717) is 37.5 Å². The Bertz CT molecular complexity index is 992. The summed E-state index contributed by atoms with van der Waals surface area (Å²) in [5.41, 5.74) is 2.48. The van der Waals surface area contributed by atoms with Gasteiger partial charge in [-0.3, -0.25) is 14.4 Å². The molecule has 1 amide bonds. The molecule has 4 saturated carbocycles. The van der Waals surface area contributed by atoms with Crippen LogP contribution in [0, 0.1) is 53.3 Å². The fourth-order valence-corrected chi connectivity index (χ4v) is 10.7. The van der Waals surface area contributed by atoms with Crippen LogP contribution in [0.15, 0.2) is 0 Å². The summed E-state index contributed by atoms with van der Waals surface area (Å²) in [4.78, 5) is 37.3. The molecule has 15 unspecified atom stereocenters. The number of carboxylic acid groups (broad SMARTS) is 2. The summed E-state index contributed by atoms with van der Waals surface area (Å²) < 4.78 is 0. The Kier molecular flexibility index (Phi) is 12.6. The first-order valence-electron chi connectivity index (χ1n) is 16.1. The van der Waals surface area contributed by atoms with Gasteiger partial charge in [0.2, 0.25) is 5.91 Å². The summed E-state index contributed by atoms with van der Waals surface area (Å²) in [6, 6.07) is -0.442. The number of nitrogens with one attached hydrogen (secondary N) is 2. The zero-order valence-corrected chi connectivity index (χ0v) is 28.0. The molecule has 0 aliphatic heterocycles. The van der Waals surface area contributed by atoms with Crippen molar-refractivity contribution in [3.8, 4) is 0 Å². The molecule has 4 aliphatic rings. The van der Waals surface area contributed by atoms with Crippen LogP contribution in [0.2, 0.25) is 0 Å². The van der Waals surface area contributed by atoms with Crippen LogP contribution in [-0.4, -0.2) is 66.9 Å². The molecule has 4 aliphatic carbocycles. The Hall–Kier alpha value is -0.510. The molecule has 12 heteroatoms. The Morgan fingerprint density at radius 2 is 1.21 bits per heavy atom. The highest BCUT2D eigenvalue weighted by Gasteiger charge is 2.50. The molecule has 15 atom stereocenters. The quantitative estimate of drug-likeness (QED) is 0.141. The zero-order valence-electron chi connectivity index (χ0n) is 25.0. The number of amides is 1.